The van der Waals surface area contributed by atoms with Gasteiger partial charge >= 0.3 is 6.18 Å². The Morgan fingerprint density at radius 2 is 1.94 bits per heavy atom. The number of ether oxygens (including phenoxy) is 1. The van der Waals surface area contributed by atoms with E-state index >= 15 is 0 Å². The van der Waals surface area contributed by atoms with Crippen LogP contribution >= 0.6 is 15.9 Å². The smallest absolute Gasteiger partial charge is 0.422 e. The maximum Gasteiger partial charge on any atom is 0.422 e. The van der Waals surface area contributed by atoms with Crippen LogP contribution in [-0.2, 0) is 0 Å². The standard InChI is InChI=1S/C11H11BrF3NO2/c1-16(2)10(17)7-3-8(12)5-9(4-7)18-6-11(13,14)15/h3-5H,6H2,1-2H3. The first kappa shape index (κ1) is 14.8. The highest BCUT2D eigenvalue weighted by Crippen LogP contribution is 2.24. The van der Waals surface area contributed by atoms with Crippen molar-refractivity contribution in [1.29, 1.82) is 0 Å². The average Bonchev–Trinajstić information content (AvgIpc) is 2.23. The molecule has 0 aliphatic rings. The fourth-order valence-electron chi connectivity index (χ4n) is 1.19. The van der Waals surface area contributed by atoms with Gasteiger partial charge in [-0.15, -0.1) is 0 Å². The first-order chi connectivity index (χ1) is 8.19. The topological polar surface area (TPSA) is 29.5 Å². The number of carbonyl (C=O) groups excluding carboxylic acids is 1. The number of benzene rings is 1. The number of alkyl halides is 3. The summed E-state index contributed by atoms with van der Waals surface area (Å²) in [7, 11) is 3.11. The van der Waals surface area contributed by atoms with Gasteiger partial charge in [-0.3, -0.25) is 4.79 Å². The SMILES string of the molecule is CN(C)C(=O)c1cc(Br)cc(OCC(F)(F)F)c1. The minimum absolute atomic E-state index is 0.00750. The minimum Gasteiger partial charge on any atom is -0.484 e. The molecule has 0 N–H and O–H groups in total. The normalized spacial score (nSPS) is 11.2. The summed E-state index contributed by atoms with van der Waals surface area (Å²) >= 11 is 3.12. The van der Waals surface area contributed by atoms with Crippen LogP contribution in [0.15, 0.2) is 22.7 Å². The molecular formula is C11H11BrF3NO2. The van der Waals surface area contributed by atoms with Gasteiger partial charge < -0.3 is 9.64 Å². The van der Waals surface area contributed by atoms with Gasteiger partial charge in [-0.2, -0.15) is 13.2 Å². The third kappa shape index (κ3) is 4.56. The number of halogens is 4. The van der Waals surface area contributed by atoms with Gasteiger partial charge in [0.15, 0.2) is 6.61 Å². The van der Waals surface area contributed by atoms with E-state index in [2.05, 4.69) is 20.7 Å². The van der Waals surface area contributed by atoms with E-state index in [0.29, 0.717) is 4.47 Å². The fraction of sp³-hybridized carbons (Fsp3) is 0.364. The van der Waals surface area contributed by atoms with Gasteiger partial charge in [0.2, 0.25) is 0 Å². The van der Waals surface area contributed by atoms with Crippen molar-refractivity contribution in [1.82, 2.24) is 4.90 Å². The van der Waals surface area contributed by atoms with E-state index in [1.54, 1.807) is 14.1 Å². The summed E-state index contributed by atoms with van der Waals surface area (Å²) in [6.45, 7) is -1.39. The summed E-state index contributed by atoms with van der Waals surface area (Å²) in [5.41, 5.74) is 0.256. The third-order valence-electron chi connectivity index (χ3n) is 1.93. The lowest BCUT2D eigenvalue weighted by Crippen LogP contribution is -2.22. The highest BCUT2D eigenvalue weighted by atomic mass is 79.9. The molecule has 0 aliphatic heterocycles. The second-order valence-corrected chi connectivity index (χ2v) is 4.69. The molecule has 1 amide bonds. The van der Waals surface area contributed by atoms with Crippen molar-refractivity contribution in [3.05, 3.63) is 28.2 Å². The van der Waals surface area contributed by atoms with E-state index in [9.17, 15) is 18.0 Å². The number of carbonyl (C=O) groups is 1. The van der Waals surface area contributed by atoms with Gasteiger partial charge in [0.1, 0.15) is 5.75 Å². The van der Waals surface area contributed by atoms with E-state index in [0.717, 1.165) is 0 Å². The van der Waals surface area contributed by atoms with E-state index < -0.39 is 12.8 Å². The molecule has 100 valence electrons. The summed E-state index contributed by atoms with van der Waals surface area (Å²) < 4.78 is 41.1. The summed E-state index contributed by atoms with van der Waals surface area (Å²) in [6, 6.07) is 4.17. The molecule has 1 aromatic rings. The van der Waals surface area contributed by atoms with Crippen molar-refractivity contribution in [2.45, 2.75) is 6.18 Å². The number of hydrogen-bond donors (Lipinski definition) is 0. The van der Waals surface area contributed by atoms with Crippen LogP contribution < -0.4 is 4.74 Å². The summed E-state index contributed by atoms with van der Waals surface area (Å²) in [5.74, 6) is -0.319. The molecule has 1 aromatic carbocycles. The Labute approximate surface area is 111 Å². The molecule has 1 rings (SSSR count). The Hall–Kier alpha value is -1.24. The molecule has 0 atom stereocenters. The van der Waals surface area contributed by atoms with Crippen LogP contribution in [0.3, 0.4) is 0 Å². The highest BCUT2D eigenvalue weighted by Gasteiger charge is 2.28. The van der Waals surface area contributed by atoms with Crippen molar-refractivity contribution < 1.29 is 22.7 Å². The van der Waals surface area contributed by atoms with Crippen molar-refractivity contribution >= 4 is 21.8 Å². The van der Waals surface area contributed by atoms with Gasteiger partial charge in [-0.25, -0.2) is 0 Å². The molecule has 0 saturated heterocycles. The lowest BCUT2D eigenvalue weighted by molar-refractivity contribution is -0.153. The van der Waals surface area contributed by atoms with Crippen molar-refractivity contribution in [3.8, 4) is 5.75 Å². The molecule has 0 radical (unpaired) electrons. The molecule has 3 nitrogen and oxygen atoms in total. The quantitative estimate of drug-likeness (QED) is 0.854. The van der Waals surface area contributed by atoms with Gasteiger partial charge in [0.25, 0.3) is 5.91 Å². The number of rotatable bonds is 3. The van der Waals surface area contributed by atoms with Crippen molar-refractivity contribution in [3.63, 3.8) is 0 Å². The van der Waals surface area contributed by atoms with Crippen LogP contribution in [0.25, 0.3) is 0 Å². The molecule has 0 aliphatic carbocycles. The molecular weight excluding hydrogens is 315 g/mol. The number of nitrogens with zero attached hydrogens (tertiary/aromatic N) is 1. The van der Waals surface area contributed by atoms with Gasteiger partial charge in [0, 0.05) is 24.1 Å². The summed E-state index contributed by atoms with van der Waals surface area (Å²) in [6.07, 6.45) is -4.41. The number of amides is 1. The minimum atomic E-state index is -4.41. The third-order valence-corrected chi connectivity index (χ3v) is 2.38. The Balaban J connectivity index is 2.91. The first-order valence-corrected chi connectivity index (χ1v) is 5.70. The van der Waals surface area contributed by atoms with Crippen molar-refractivity contribution in [2.75, 3.05) is 20.7 Å². The zero-order valence-corrected chi connectivity index (χ0v) is 11.3. The van der Waals surface area contributed by atoms with Gasteiger partial charge in [0.05, 0.1) is 0 Å². The van der Waals surface area contributed by atoms with Crippen LogP contribution in [0, 0.1) is 0 Å². The Bertz CT molecular complexity index is 446. The molecule has 0 heterocycles. The van der Waals surface area contributed by atoms with E-state index in [-0.39, 0.29) is 17.2 Å². The largest absolute Gasteiger partial charge is 0.484 e. The molecule has 0 bridgehead atoms. The lowest BCUT2D eigenvalue weighted by atomic mass is 10.2. The van der Waals surface area contributed by atoms with Crippen LogP contribution in [0.4, 0.5) is 13.2 Å². The monoisotopic (exact) mass is 325 g/mol. The van der Waals surface area contributed by atoms with Crippen LogP contribution in [-0.4, -0.2) is 37.7 Å². The first-order valence-electron chi connectivity index (χ1n) is 4.91. The molecule has 0 fully saturated rings. The zero-order chi connectivity index (χ0) is 13.9. The van der Waals surface area contributed by atoms with Gasteiger partial charge in [-0.05, 0) is 18.2 Å². The fourth-order valence-corrected chi connectivity index (χ4v) is 1.67. The Morgan fingerprint density at radius 1 is 1.33 bits per heavy atom. The summed E-state index contributed by atoms with van der Waals surface area (Å²) in [5, 5.41) is 0. The Kier molecular flexibility index (Phi) is 4.61. The zero-order valence-electron chi connectivity index (χ0n) is 9.71. The lowest BCUT2D eigenvalue weighted by Gasteiger charge is -2.13. The second kappa shape index (κ2) is 5.60. The predicted molar refractivity (Wildman–Crippen MR) is 63.7 cm³/mol. The average molecular weight is 326 g/mol. The molecule has 0 spiro atoms. The van der Waals surface area contributed by atoms with E-state index in [1.807, 2.05) is 0 Å². The highest BCUT2D eigenvalue weighted by molar-refractivity contribution is 9.10. The van der Waals surface area contributed by atoms with E-state index in [1.165, 1.54) is 23.1 Å². The van der Waals surface area contributed by atoms with E-state index in [4.69, 9.17) is 0 Å². The predicted octanol–water partition coefficient (Wildman–Crippen LogP) is 3.09. The van der Waals surface area contributed by atoms with Crippen LogP contribution in [0.5, 0.6) is 5.75 Å². The van der Waals surface area contributed by atoms with Gasteiger partial charge in [-0.1, -0.05) is 15.9 Å². The number of hydrogen-bond acceptors (Lipinski definition) is 2. The van der Waals surface area contributed by atoms with Crippen LogP contribution in [0.1, 0.15) is 10.4 Å². The van der Waals surface area contributed by atoms with Crippen LogP contribution in [0.2, 0.25) is 0 Å². The molecule has 7 heteroatoms. The molecule has 0 saturated carbocycles. The maximum absolute atomic E-state index is 12.0. The Morgan fingerprint density at radius 3 is 2.44 bits per heavy atom. The molecule has 0 aromatic heterocycles. The molecule has 18 heavy (non-hydrogen) atoms. The molecule has 0 unspecified atom stereocenters. The second-order valence-electron chi connectivity index (χ2n) is 3.78. The maximum atomic E-state index is 12.0. The summed E-state index contributed by atoms with van der Waals surface area (Å²) in [4.78, 5) is 13.0. The van der Waals surface area contributed by atoms with Crippen molar-refractivity contribution in [2.24, 2.45) is 0 Å².